The van der Waals surface area contributed by atoms with E-state index in [1.54, 1.807) is 7.11 Å². The minimum atomic E-state index is 0.220. The number of methoxy groups -OCH3 is 1. The summed E-state index contributed by atoms with van der Waals surface area (Å²) in [7, 11) is 1.60. The van der Waals surface area contributed by atoms with Crippen molar-refractivity contribution in [2.24, 2.45) is 5.73 Å². The maximum Gasteiger partial charge on any atom is 0.188 e. The number of nitrogens with two attached hydrogens (primary N) is 1. The minimum Gasteiger partial charge on any atom is -0.466 e. The number of benzene rings is 1. The molecule has 90 valence electrons. The SMILES string of the molecule is CCC(N)Cc1ccc(OCOC)c(Br)c1. The molecule has 1 rings (SSSR count). The topological polar surface area (TPSA) is 44.5 Å². The van der Waals surface area contributed by atoms with E-state index in [0.29, 0.717) is 0 Å². The van der Waals surface area contributed by atoms with E-state index in [2.05, 4.69) is 22.9 Å². The first-order chi connectivity index (χ1) is 7.67. The van der Waals surface area contributed by atoms with Crippen LogP contribution in [-0.2, 0) is 11.2 Å². The zero-order valence-electron chi connectivity index (χ0n) is 9.70. The van der Waals surface area contributed by atoms with Crippen LogP contribution >= 0.6 is 15.9 Å². The smallest absolute Gasteiger partial charge is 0.188 e. The third-order valence-corrected chi connectivity index (χ3v) is 2.97. The highest BCUT2D eigenvalue weighted by Crippen LogP contribution is 2.26. The van der Waals surface area contributed by atoms with Crippen molar-refractivity contribution in [2.75, 3.05) is 13.9 Å². The Morgan fingerprint density at radius 3 is 2.75 bits per heavy atom. The maximum atomic E-state index is 5.91. The molecule has 0 bridgehead atoms. The summed E-state index contributed by atoms with van der Waals surface area (Å²) in [6.07, 6.45) is 1.87. The molecular weight excluding hydrogens is 270 g/mol. The molecule has 4 heteroatoms. The van der Waals surface area contributed by atoms with E-state index in [4.69, 9.17) is 15.2 Å². The molecule has 1 aromatic rings. The third kappa shape index (κ3) is 4.12. The molecule has 0 spiro atoms. The highest BCUT2D eigenvalue weighted by molar-refractivity contribution is 9.10. The second kappa shape index (κ2) is 6.89. The normalized spacial score (nSPS) is 12.5. The van der Waals surface area contributed by atoms with Crippen LogP contribution in [0.4, 0.5) is 0 Å². The molecule has 0 fully saturated rings. The van der Waals surface area contributed by atoms with Gasteiger partial charge in [0, 0.05) is 13.2 Å². The van der Waals surface area contributed by atoms with E-state index in [9.17, 15) is 0 Å². The van der Waals surface area contributed by atoms with E-state index in [0.717, 1.165) is 23.1 Å². The average molecular weight is 288 g/mol. The molecule has 0 aromatic heterocycles. The Bertz CT molecular complexity index is 331. The first-order valence-corrected chi connectivity index (χ1v) is 6.12. The van der Waals surface area contributed by atoms with Gasteiger partial charge in [0.15, 0.2) is 6.79 Å². The molecule has 2 N–H and O–H groups in total. The van der Waals surface area contributed by atoms with Crippen LogP contribution in [-0.4, -0.2) is 19.9 Å². The van der Waals surface area contributed by atoms with Crippen molar-refractivity contribution in [3.63, 3.8) is 0 Å². The van der Waals surface area contributed by atoms with Gasteiger partial charge in [-0.3, -0.25) is 0 Å². The van der Waals surface area contributed by atoms with Crippen LogP contribution in [0, 0.1) is 0 Å². The van der Waals surface area contributed by atoms with Crippen molar-refractivity contribution in [1.82, 2.24) is 0 Å². The Labute approximate surface area is 105 Å². The lowest BCUT2D eigenvalue weighted by molar-refractivity contribution is 0.0506. The van der Waals surface area contributed by atoms with Gasteiger partial charge in [0.1, 0.15) is 5.75 Å². The maximum absolute atomic E-state index is 5.91. The monoisotopic (exact) mass is 287 g/mol. The average Bonchev–Trinajstić information content (AvgIpc) is 2.28. The molecule has 3 nitrogen and oxygen atoms in total. The summed E-state index contributed by atoms with van der Waals surface area (Å²) in [6, 6.07) is 6.23. The second-order valence-electron chi connectivity index (χ2n) is 3.69. The van der Waals surface area contributed by atoms with Crippen LogP contribution in [0.1, 0.15) is 18.9 Å². The first kappa shape index (κ1) is 13.5. The van der Waals surface area contributed by atoms with Crippen molar-refractivity contribution in [3.05, 3.63) is 28.2 Å². The van der Waals surface area contributed by atoms with Crippen molar-refractivity contribution in [2.45, 2.75) is 25.8 Å². The van der Waals surface area contributed by atoms with Crippen LogP contribution in [0.2, 0.25) is 0 Å². The minimum absolute atomic E-state index is 0.220. The highest BCUT2D eigenvalue weighted by Gasteiger charge is 2.05. The van der Waals surface area contributed by atoms with Gasteiger partial charge in [0.25, 0.3) is 0 Å². The number of hydrogen-bond acceptors (Lipinski definition) is 3. The summed E-state index contributed by atoms with van der Waals surface area (Å²) in [5.74, 6) is 0.788. The standard InChI is InChI=1S/C12H18BrNO2/c1-3-10(14)6-9-4-5-12(11(13)7-9)16-8-15-2/h4-5,7,10H,3,6,8,14H2,1-2H3. The summed E-state index contributed by atoms with van der Waals surface area (Å²) in [5, 5.41) is 0. The van der Waals surface area contributed by atoms with Gasteiger partial charge in [0.2, 0.25) is 0 Å². The van der Waals surface area contributed by atoms with Gasteiger partial charge in [-0.05, 0) is 46.5 Å². The van der Waals surface area contributed by atoms with E-state index >= 15 is 0 Å². The zero-order chi connectivity index (χ0) is 12.0. The highest BCUT2D eigenvalue weighted by atomic mass is 79.9. The zero-order valence-corrected chi connectivity index (χ0v) is 11.3. The summed E-state index contributed by atoms with van der Waals surface area (Å²) < 4.78 is 11.2. The lowest BCUT2D eigenvalue weighted by Crippen LogP contribution is -2.21. The summed E-state index contributed by atoms with van der Waals surface area (Å²) in [6.45, 7) is 2.35. The van der Waals surface area contributed by atoms with E-state index in [1.165, 1.54) is 5.56 Å². The van der Waals surface area contributed by atoms with Gasteiger partial charge < -0.3 is 15.2 Å². The molecule has 0 amide bonds. The Balaban J connectivity index is 2.66. The molecule has 1 aromatic carbocycles. The fourth-order valence-electron chi connectivity index (χ4n) is 1.36. The molecule has 0 saturated carbocycles. The van der Waals surface area contributed by atoms with Gasteiger partial charge >= 0.3 is 0 Å². The largest absolute Gasteiger partial charge is 0.466 e. The Morgan fingerprint density at radius 1 is 1.44 bits per heavy atom. The van der Waals surface area contributed by atoms with E-state index in [-0.39, 0.29) is 12.8 Å². The van der Waals surface area contributed by atoms with Crippen LogP contribution in [0.25, 0.3) is 0 Å². The Kier molecular flexibility index (Phi) is 5.80. The summed E-state index contributed by atoms with van der Waals surface area (Å²) in [5.41, 5.74) is 7.12. The molecule has 0 aliphatic rings. The summed E-state index contributed by atoms with van der Waals surface area (Å²) in [4.78, 5) is 0. The molecule has 0 aliphatic carbocycles. The number of hydrogen-bond donors (Lipinski definition) is 1. The lowest BCUT2D eigenvalue weighted by atomic mass is 10.0. The molecule has 0 heterocycles. The molecule has 1 atom stereocenters. The molecule has 0 aliphatic heterocycles. The number of rotatable bonds is 6. The second-order valence-corrected chi connectivity index (χ2v) is 4.54. The lowest BCUT2D eigenvalue weighted by Gasteiger charge is -2.11. The number of halogens is 1. The van der Waals surface area contributed by atoms with Gasteiger partial charge in [-0.25, -0.2) is 0 Å². The molecule has 0 radical (unpaired) electrons. The molecular formula is C12H18BrNO2. The van der Waals surface area contributed by atoms with Crippen molar-refractivity contribution >= 4 is 15.9 Å². The van der Waals surface area contributed by atoms with Gasteiger partial charge in [-0.15, -0.1) is 0 Å². The van der Waals surface area contributed by atoms with Gasteiger partial charge in [0.05, 0.1) is 4.47 Å². The number of ether oxygens (including phenoxy) is 2. The van der Waals surface area contributed by atoms with Crippen LogP contribution in [0.3, 0.4) is 0 Å². The fraction of sp³-hybridized carbons (Fsp3) is 0.500. The van der Waals surface area contributed by atoms with Crippen LogP contribution < -0.4 is 10.5 Å². The Hall–Kier alpha value is -0.580. The fourth-order valence-corrected chi connectivity index (χ4v) is 1.90. The van der Waals surface area contributed by atoms with Crippen molar-refractivity contribution in [3.8, 4) is 5.75 Å². The summed E-state index contributed by atoms with van der Waals surface area (Å²) >= 11 is 3.47. The van der Waals surface area contributed by atoms with Crippen LogP contribution in [0.15, 0.2) is 22.7 Å². The van der Waals surface area contributed by atoms with Crippen molar-refractivity contribution in [1.29, 1.82) is 0 Å². The van der Waals surface area contributed by atoms with Gasteiger partial charge in [-0.1, -0.05) is 13.0 Å². The van der Waals surface area contributed by atoms with Crippen LogP contribution in [0.5, 0.6) is 5.75 Å². The predicted octanol–water partition coefficient (Wildman–Crippen LogP) is 2.71. The van der Waals surface area contributed by atoms with E-state index in [1.807, 2.05) is 18.2 Å². The predicted molar refractivity (Wildman–Crippen MR) is 68.6 cm³/mol. The van der Waals surface area contributed by atoms with Gasteiger partial charge in [-0.2, -0.15) is 0 Å². The van der Waals surface area contributed by atoms with Crippen molar-refractivity contribution < 1.29 is 9.47 Å². The molecule has 16 heavy (non-hydrogen) atoms. The van der Waals surface area contributed by atoms with E-state index < -0.39 is 0 Å². The Morgan fingerprint density at radius 2 is 2.19 bits per heavy atom. The molecule has 1 unspecified atom stereocenters. The quantitative estimate of drug-likeness (QED) is 0.819. The first-order valence-electron chi connectivity index (χ1n) is 5.33. The third-order valence-electron chi connectivity index (χ3n) is 2.35. The molecule has 0 saturated heterocycles.